The van der Waals surface area contributed by atoms with Crippen LogP contribution in [0.4, 0.5) is 0 Å². The number of carboxylic acid groups (broad SMARTS) is 1. The third-order valence-corrected chi connectivity index (χ3v) is 4.21. The lowest BCUT2D eigenvalue weighted by molar-refractivity contribution is -0.136. The van der Waals surface area contributed by atoms with E-state index in [1.165, 1.54) is 0 Å². The molecular weight excluding hydrogens is 288 g/mol. The first-order valence-electron chi connectivity index (χ1n) is 6.42. The fourth-order valence-corrected chi connectivity index (χ4v) is 3.32. The number of methoxy groups -OCH3 is 1. The van der Waals surface area contributed by atoms with Gasteiger partial charge in [-0.1, -0.05) is 0 Å². The van der Waals surface area contributed by atoms with Crippen molar-refractivity contribution in [1.29, 1.82) is 0 Å². The molecule has 21 heavy (non-hydrogen) atoms. The van der Waals surface area contributed by atoms with Crippen molar-refractivity contribution >= 4 is 22.3 Å². The van der Waals surface area contributed by atoms with Crippen LogP contribution in [0.3, 0.4) is 0 Å². The fraction of sp³-hybridized carbons (Fsp3) is 0.200. The van der Waals surface area contributed by atoms with E-state index >= 15 is 0 Å². The molecule has 0 amide bonds. The van der Waals surface area contributed by atoms with E-state index in [1.54, 1.807) is 24.6 Å². The van der Waals surface area contributed by atoms with E-state index in [4.69, 9.17) is 9.84 Å². The molecule has 5 nitrogen and oxygen atoms in total. The molecule has 0 aliphatic heterocycles. The van der Waals surface area contributed by atoms with Crippen molar-refractivity contribution in [1.82, 2.24) is 9.38 Å². The average Bonchev–Trinajstić information content (AvgIpc) is 2.94. The Hall–Kier alpha value is -2.34. The molecule has 1 aromatic carbocycles. The quantitative estimate of drug-likeness (QED) is 0.804. The molecule has 0 radical (unpaired) electrons. The molecule has 0 atom stereocenters. The number of aromatic nitrogens is 2. The first kappa shape index (κ1) is 13.6. The number of benzene rings is 1. The van der Waals surface area contributed by atoms with Gasteiger partial charge in [0.25, 0.3) is 0 Å². The zero-order valence-electron chi connectivity index (χ0n) is 11.7. The Balaban J connectivity index is 2.09. The van der Waals surface area contributed by atoms with Crippen molar-refractivity contribution in [3.8, 4) is 17.0 Å². The number of carboxylic acids is 1. The number of aryl methyl sites for hydroxylation is 1. The van der Waals surface area contributed by atoms with Crippen molar-refractivity contribution in [2.45, 2.75) is 13.3 Å². The molecule has 6 heteroatoms. The minimum atomic E-state index is -0.872. The van der Waals surface area contributed by atoms with E-state index in [9.17, 15) is 4.79 Å². The number of hydrogen-bond acceptors (Lipinski definition) is 4. The van der Waals surface area contributed by atoms with Gasteiger partial charge in [0.2, 0.25) is 0 Å². The zero-order chi connectivity index (χ0) is 15.0. The summed E-state index contributed by atoms with van der Waals surface area (Å²) in [5, 5.41) is 8.87. The number of thiazole rings is 1. The normalized spacial score (nSPS) is 11.0. The van der Waals surface area contributed by atoms with Gasteiger partial charge in [-0.3, -0.25) is 9.20 Å². The number of ether oxygens (including phenoxy) is 1. The smallest absolute Gasteiger partial charge is 0.309 e. The van der Waals surface area contributed by atoms with Crippen LogP contribution in [0.25, 0.3) is 16.2 Å². The highest BCUT2D eigenvalue weighted by molar-refractivity contribution is 7.17. The maximum Gasteiger partial charge on any atom is 0.309 e. The lowest BCUT2D eigenvalue weighted by Gasteiger charge is -2.04. The van der Waals surface area contributed by atoms with E-state index < -0.39 is 5.97 Å². The molecule has 3 aromatic rings. The SMILES string of the molecule is COc1ccc(-c2c(C)sc3nc(CC(=O)O)cn23)cc1. The summed E-state index contributed by atoms with van der Waals surface area (Å²) in [6.45, 7) is 2.04. The number of fused-ring (bicyclic) bond motifs is 1. The molecule has 0 aliphatic carbocycles. The van der Waals surface area contributed by atoms with Crippen LogP contribution in [0.1, 0.15) is 10.6 Å². The maximum atomic E-state index is 10.8. The van der Waals surface area contributed by atoms with Gasteiger partial charge < -0.3 is 9.84 Å². The standard InChI is InChI=1S/C15H14N2O3S/c1-9-14(10-3-5-12(20-2)6-4-10)17-8-11(7-13(18)19)16-15(17)21-9/h3-6,8H,7H2,1-2H3,(H,18,19). The summed E-state index contributed by atoms with van der Waals surface area (Å²) in [5.74, 6) is -0.0662. The summed E-state index contributed by atoms with van der Waals surface area (Å²) >= 11 is 1.56. The topological polar surface area (TPSA) is 63.8 Å². The largest absolute Gasteiger partial charge is 0.497 e. The fourth-order valence-electron chi connectivity index (χ4n) is 2.33. The predicted octanol–water partition coefficient (Wildman–Crippen LogP) is 3.01. The van der Waals surface area contributed by atoms with Crippen molar-refractivity contribution in [3.05, 3.63) is 41.0 Å². The number of nitrogens with zero attached hydrogens (tertiary/aromatic N) is 2. The van der Waals surface area contributed by atoms with Crippen LogP contribution in [0.2, 0.25) is 0 Å². The predicted molar refractivity (Wildman–Crippen MR) is 81.1 cm³/mol. The van der Waals surface area contributed by atoms with E-state index in [0.717, 1.165) is 26.8 Å². The lowest BCUT2D eigenvalue weighted by atomic mass is 10.1. The van der Waals surface area contributed by atoms with E-state index in [-0.39, 0.29) is 6.42 Å². The Kier molecular flexibility index (Phi) is 3.39. The monoisotopic (exact) mass is 302 g/mol. The number of imidazole rings is 1. The molecular formula is C15H14N2O3S. The van der Waals surface area contributed by atoms with Gasteiger partial charge in [-0.2, -0.15) is 0 Å². The van der Waals surface area contributed by atoms with Crippen LogP contribution in [0.15, 0.2) is 30.5 Å². The zero-order valence-corrected chi connectivity index (χ0v) is 12.5. The second kappa shape index (κ2) is 5.21. The number of hydrogen-bond donors (Lipinski definition) is 1. The maximum absolute atomic E-state index is 10.8. The number of aliphatic carboxylic acids is 1. The highest BCUT2D eigenvalue weighted by Crippen LogP contribution is 2.32. The summed E-state index contributed by atoms with van der Waals surface area (Å²) in [6, 6.07) is 7.80. The molecule has 0 spiro atoms. The van der Waals surface area contributed by atoms with Crippen LogP contribution in [-0.4, -0.2) is 27.6 Å². The Bertz CT molecular complexity index is 802. The van der Waals surface area contributed by atoms with Crippen molar-refractivity contribution < 1.29 is 14.6 Å². The second-order valence-electron chi connectivity index (χ2n) is 4.69. The van der Waals surface area contributed by atoms with Crippen molar-refractivity contribution in [2.75, 3.05) is 7.11 Å². The summed E-state index contributed by atoms with van der Waals surface area (Å²) in [4.78, 5) is 17.1. The molecule has 2 aromatic heterocycles. The van der Waals surface area contributed by atoms with Crippen LogP contribution in [0.5, 0.6) is 5.75 Å². The molecule has 1 N–H and O–H groups in total. The van der Waals surface area contributed by atoms with Crippen LogP contribution >= 0.6 is 11.3 Å². The lowest BCUT2D eigenvalue weighted by Crippen LogP contribution is -1.99. The number of carbonyl (C=O) groups is 1. The molecule has 0 aliphatic rings. The first-order valence-corrected chi connectivity index (χ1v) is 7.23. The molecule has 0 unspecified atom stereocenters. The van der Waals surface area contributed by atoms with Crippen LogP contribution < -0.4 is 4.74 Å². The van der Waals surface area contributed by atoms with E-state index in [1.807, 2.05) is 35.6 Å². The Labute approximate surface area is 125 Å². The molecule has 0 saturated heterocycles. The highest BCUT2D eigenvalue weighted by atomic mass is 32.1. The molecule has 0 fully saturated rings. The minimum absolute atomic E-state index is 0.0600. The molecule has 2 heterocycles. The Morgan fingerprint density at radius 2 is 2.10 bits per heavy atom. The van der Waals surface area contributed by atoms with Gasteiger partial charge in [0.1, 0.15) is 5.75 Å². The average molecular weight is 302 g/mol. The summed E-state index contributed by atoms with van der Waals surface area (Å²) in [7, 11) is 1.64. The van der Waals surface area contributed by atoms with Crippen LogP contribution in [0, 0.1) is 6.92 Å². The first-order chi connectivity index (χ1) is 10.1. The van der Waals surface area contributed by atoms with Gasteiger partial charge in [0, 0.05) is 11.1 Å². The third-order valence-electron chi connectivity index (χ3n) is 3.24. The van der Waals surface area contributed by atoms with Gasteiger partial charge in [-0.05, 0) is 36.8 Å². The Morgan fingerprint density at radius 1 is 1.38 bits per heavy atom. The molecule has 0 bridgehead atoms. The van der Waals surface area contributed by atoms with Crippen molar-refractivity contribution in [2.24, 2.45) is 0 Å². The van der Waals surface area contributed by atoms with Crippen molar-refractivity contribution in [3.63, 3.8) is 0 Å². The van der Waals surface area contributed by atoms with Gasteiger partial charge in [0.15, 0.2) is 4.96 Å². The molecule has 108 valence electrons. The van der Waals surface area contributed by atoms with Crippen LogP contribution in [-0.2, 0) is 11.2 Å². The third kappa shape index (κ3) is 2.50. The van der Waals surface area contributed by atoms with Gasteiger partial charge in [-0.15, -0.1) is 11.3 Å². The highest BCUT2D eigenvalue weighted by Gasteiger charge is 2.15. The molecule has 0 saturated carbocycles. The summed E-state index contributed by atoms with van der Waals surface area (Å²) in [5.41, 5.74) is 2.67. The summed E-state index contributed by atoms with van der Waals surface area (Å²) in [6.07, 6.45) is 1.74. The summed E-state index contributed by atoms with van der Waals surface area (Å²) < 4.78 is 7.13. The van der Waals surface area contributed by atoms with Gasteiger partial charge in [-0.25, -0.2) is 4.98 Å². The molecule has 3 rings (SSSR count). The van der Waals surface area contributed by atoms with Gasteiger partial charge in [0.05, 0.1) is 24.9 Å². The number of rotatable bonds is 4. The van der Waals surface area contributed by atoms with E-state index in [2.05, 4.69) is 4.98 Å². The minimum Gasteiger partial charge on any atom is -0.497 e. The second-order valence-corrected chi connectivity index (χ2v) is 5.87. The van der Waals surface area contributed by atoms with E-state index in [0.29, 0.717) is 5.69 Å². The Morgan fingerprint density at radius 3 is 2.71 bits per heavy atom. The van der Waals surface area contributed by atoms with Gasteiger partial charge >= 0.3 is 5.97 Å².